The second kappa shape index (κ2) is 3.25. The van der Waals surface area contributed by atoms with Gasteiger partial charge in [0.25, 0.3) is 0 Å². The first-order valence-electron chi connectivity index (χ1n) is 3.93. The van der Waals surface area contributed by atoms with Crippen molar-refractivity contribution < 1.29 is 32.0 Å². The van der Waals surface area contributed by atoms with Gasteiger partial charge in [0.2, 0.25) is 0 Å². The third-order valence-electron chi connectivity index (χ3n) is 1.95. The number of aliphatic hydroxyl groups excluding tert-OH is 5. The minimum absolute atomic E-state index is 1.78. The summed E-state index contributed by atoms with van der Waals surface area (Å²) in [5.74, 6) is 0. The van der Waals surface area contributed by atoms with Crippen LogP contribution < -0.4 is 0 Å². The van der Waals surface area contributed by atoms with Gasteiger partial charge in [0.05, 0.1) is 1.37 Å². The summed E-state index contributed by atoms with van der Waals surface area (Å²) >= 11 is 0. The lowest BCUT2D eigenvalue weighted by Crippen LogP contribution is -2.63. The monoisotopic (exact) mass is 181 g/mol. The van der Waals surface area contributed by atoms with E-state index in [4.69, 9.17) is 32.0 Å². The predicted molar refractivity (Wildman–Crippen MR) is 36.0 cm³/mol. The molecule has 6 N–H and O–H groups in total. The molecule has 6 atom stereocenters. The van der Waals surface area contributed by atoms with Crippen LogP contribution in [0.1, 0.15) is 1.37 Å². The van der Waals surface area contributed by atoms with Crippen molar-refractivity contribution >= 4 is 0 Å². The summed E-state index contributed by atoms with van der Waals surface area (Å²) in [6.45, 7) is 0. The molecule has 0 radical (unpaired) electrons. The number of hydrogen-bond acceptors (Lipinski definition) is 6. The quantitative estimate of drug-likeness (QED) is 0.228. The molecule has 72 valence electrons. The van der Waals surface area contributed by atoms with Crippen LogP contribution in [0, 0.1) is 0 Å². The highest BCUT2D eigenvalue weighted by Crippen LogP contribution is 2.20. The Morgan fingerprint density at radius 2 is 0.833 bits per heavy atom. The fraction of sp³-hybridized carbons (Fsp3) is 1.00. The molecule has 1 aliphatic rings. The summed E-state index contributed by atoms with van der Waals surface area (Å²) in [6, 6.07) is 0. The molecule has 0 aromatic carbocycles. The van der Waals surface area contributed by atoms with E-state index in [1.807, 2.05) is 0 Å². The van der Waals surface area contributed by atoms with Crippen molar-refractivity contribution in [3.05, 3.63) is 0 Å². The molecule has 0 heterocycles. The summed E-state index contributed by atoms with van der Waals surface area (Å²) < 4.78 is 7.01. The molecule has 0 bridgehead atoms. The third kappa shape index (κ3) is 1.33. The zero-order valence-electron chi connectivity index (χ0n) is 7.07. The van der Waals surface area contributed by atoms with Crippen LogP contribution in [0.15, 0.2) is 0 Å². The van der Waals surface area contributed by atoms with Gasteiger partial charge in [-0.05, 0) is 0 Å². The molecule has 1 saturated carbocycles. The van der Waals surface area contributed by atoms with Gasteiger partial charge in [-0.15, -0.1) is 0 Å². The number of rotatable bonds is 0. The Morgan fingerprint density at radius 1 is 0.583 bits per heavy atom. The standard InChI is InChI=1S/C6H12O6/c7-1-2(8)4(10)6(12)5(11)3(1)9/h1-12H/t1-,2-,3?,4?,5-,6-/i1D/t1?,2-,3+,4+,5-,6?. The smallest absolute Gasteiger partial charge is 0.111 e. The maximum absolute atomic E-state index is 9.11. The summed E-state index contributed by atoms with van der Waals surface area (Å²) in [5.41, 5.74) is 0. The molecule has 1 rings (SSSR count). The van der Waals surface area contributed by atoms with Crippen LogP contribution in [0.5, 0.6) is 0 Å². The second-order valence-corrected chi connectivity index (χ2v) is 2.79. The second-order valence-electron chi connectivity index (χ2n) is 2.79. The average molecular weight is 181 g/mol. The Morgan fingerprint density at radius 3 is 1.17 bits per heavy atom. The maximum Gasteiger partial charge on any atom is 0.111 e. The van der Waals surface area contributed by atoms with Gasteiger partial charge >= 0.3 is 0 Å². The van der Waals surface area contributed by atoms with E-state index in [9.17, 15) is 0 Å². The van der Waals surface area contributed by atoms with E-state index in [1.54, 1.807) is 0 Å². The molecule has 2 unspecified atom stereocenters. The van der Waals surface area contributed by atoms with E-state index in [0.717, 1.165) is 0 Å². The van der Waals surface area contributed by atoms with Crippen molar-refractivity contribution in [1.82, 2.24) is 0 Å². The molecule has 1 fully saturated rings. The molecule has 12 heavy (non-hydrogen) atoms. The summed E-state index contributed by atoms with van der Waals surface area (Å²) in [6.07, 6.45) is -12.3. The predicted octanol–water partition coefficient (Wildman–Crippen LogP) is -3.83. The van der Waals surface area contributed by atoms with Crippen LogP contribution in [0.4, 0.5) is 0 Å². The fourth-order valence-corrected chi connectivity index (χ4v) is 1.10. The van der Waals surface area contributed by atoms with Gasteiger partial charge in [-0.1, -0.05) is 0 Å². The van der Waals surface area contributed by atoms with Gasteiger partial charge in [0.15, 0.2) is 0 Å². The highest BCUT2D eigenvalue weighted by Gasteiger charge is 2.47. The number of aliphatic hydroxyl groups is 6. The van der Waals surface area contributed by atoms with Crippen molar-refractivity contribution in [2.45, 2.75) is 36.6 Å². The molecule has 0 spiro atoms. The van der Waals surface area contributed by atoms with Crippen molar-refractivity contribution in [3.8, 4) is 0 Å². The Balaban J connectivity index is 2.93. The summed E-state index contributed by atoms with van der Waals surface area (Å²) in [7, 11) is 0. The zero-order valence-corrected chi connectivity index (χ0v) is 6.07. The average Bonchev–Trinajstić information content (AvgIpc) is 2.09. The van der Waals surface area contributed by atoms with Crippen LogP contribution in [-0.2, 0) is 0 Å². The first kappa shape index (κ1) is 8.36. The van der Waals surface area contributed by atoms with Crippen molar-refractivity contribution in [2.24, 2.45) is 0 Å². The normalized spacial score (nSPS) is 62.8. The van der Waals surface area contributed by atoms with Gasteiger partial charge in [-0.3, -0.25) is 0 Å². The third-order valence-corrected chi connectivity index (χ3v) is 1.95. The first-order valence-corrected chi connectivity index (χ1v) is 3.43. The summed E-state index contributed by atoms with van der Waals surface area (Å²) in [4.78, 5) is 0. The SMILES string of the molecule is [2H]C1(O)[C@H](O)[C@@H](O)C(O)[C@@H](O)[C@@H]1O. The molecular formula is C6H12O6. The molecule has 6 nitrogen and oxygen atoms in total. The van der Waals surface area contributed by atoms with Gasteiger partial charge in [0, 0.05) is 0 Å². The topological polar surface area (TPSA) is 121 Å². The molecule has 0 aliphatic heterocycles. The van der Waals surface area contributed by atoms with Crippen molar-refractivity contribution in [3.63, 3.8) is 0 Å². The lowest BCUT2D eigenvalue weighted by molar-refractivity contribution is -0.223. The van der Waals surface area contributed by atoms with E-state index in [-0.39, 0.29) is 0 Å². The molecule has 0 amide bonds. The van der Waals surface area contributed by atoms with Gasteiger partial charge < -0.3 is 30.6 Å². The van der Waals surface area contributed by atoms with Gasteiger partial charge in [-0.2, -0.15) is 0 Å². The van der Waals surface area contributed by atoms with Crippen LogP contribution in [0.3, 0.4) is 0 Å². The molecule has 1 aliphatic carbocycles. The Bertz CT molecular complexity index is 180. The van der Waals surface area contributed by atoms with Gasteiger partial charge in [-0.25, -0.2) is 0 Å². The van der Waals surface area contributed by atoms with Crippen LogP contribution in [0.25, 0.3) is 0 Å². The lowest BCUT2D eigenvalue weighted by Gasteiger charge is -2.39. The van der Waals surface area contributed by atoms with E-state index in [1.165, 1.54) is 0 Å². The largest absolute Gasteiger partial charge is 0.387 e. The van der Waals surface area contributed by atoms with E-state index >= 15 is 0 Å². The molecular weight excluding hydrogens is 168 g/mol. The lowest BCUT2D eigenvalue weighted by atomic mass is 9.85. The summed E-state index contributed by atoms with van der Waals surface area (Å²) in [5, 5.41) is 54.2. The van der Waals surface area contributed by atoms with E-state index in [0.29, 0.717) is 0 Å². The molecule has 6 heteroatoms. The first-order chi connectivity index (χ1) is 5.80. The van der Waals surface area contributed by atoms with Crippen molar-refractivity contribution in [1.29, 1.82) is 0 Å². The molecule has 0 saturated heterocycles. The van der Waals surface area contributed by atoms with Gasteiger partial charge in [0.1, 0.15) is 36.6 Å². The van der Waals surface area contributed by atoms with E-state index < -0.39 is 36.6 Å². The minimum Gasteiger partial charge on any atom is -0.387 e. The van der Waals surface area contributed by atoms with Crippen LogP contribution >= 0.6 is 0 Å². The maximum atomic E-state index is 9.11. The molecule has 0 aromatic rings. The van der Waals surface area contributed by atoms with E-state index in [2.05, 4.69) is 0 Å². The minimum atomic E-state index is -2.78. The Labute approximate surface area is 69.7 Å². The van der Waals surface area contributed by atoms with Crippen molar-refractivity contribution in [2.75, 3.05) is 0 Å². The van der Waals surface area contributed by atoms with Crippen LogP contribution in [0.2, 0.25) is 0 Å². The Kier molecular flexibility index (Phi) is 2.26. The fourth-order valence-electron chi connectivity index (χ4n) is 1.10. The highest BCUT2D eigenvalue weighted by atomic mass is 16.4. The zero-order chi connectivity index (χ0) is 10.4. The molecule has 0 aromatic heterocycles. The Hall–Kier alpha value is -0.240. The van der Waals surface area contributed by atoms with Crippen LogP contribution in [-0.4, -0.2) is 67.2 Å². The number of hydrogen-bond donors (Lipinski definition) is 6. The highest BCUT2D eigenvalue weighted by molar-refractivity contribution is 4.98.